The summed E-state index contributed by atoms with van der Waals surface area (Å²) >= 11 is 6.03. The first-order valence-electron chi connectivity index (χ1n) is 6.16. The summed E-state index contributed by atoms with van der Waals surface area (Å²) < 4.78 is 4.55. The van der Waals surface area contributed by atoms with Crippen molar-refractivity contribution >= 4 is 23.5 Å². The summed E-state index contributed by atoms with van der Waals surface area (Å²) in [7, 11) is 1.32. The predicted octanol–water partition coefficient (Wildman–Crippen LogP) is 2.31. The normalized spacial score (nSPS) is 16.8. The summed E-state index contributed by atoms with van der Waals surface area (Å²) in [5.41, 5.74) is 1.02. The second-order valence-corrected chi connectivity index (χ2v) is 4.82. The van der Waals surface area contributed by atoms with Crippen molar-refractivity contribution in [3.63, 3.8) is 0 Å². The molecule has 0 N–H and O–H groups in total. The highest BCUT2D eigenvalue weighted by atomic mass is 35.5. The first kappa shape index (κ1) is 14.4. The lowest BCUT2D eigenvalue weighted by molar-refractivity contribution is -0.140. The van der Waals surface area contributed by atoms with E-state index in [0.29, 0.717) is 29.1 Å². The molecule has 0 fully saturated rings. The Labute approximate surface area is 121 Å². The number of fused-ring (bicyclic) bond motifs is 1. The van der Waals surface area contributed by atoms with Crippen molar-refractivity contribution in [1.29, 1.82) is 5.26 Å². The summed E-state index contributed by atoms with van der Waals surface area (Å²) in [5, 5.41) is 9.62. The molecule has 0 saturated carbocycles. The Hall–Kier alpha value is -2.06. The third-order valence-electron chi connectivity index (χ3n) is 3.26. The third-order valence-corrected chi connectivity index (χ3v) is 3.57. The van der Waals surface area contributed by atoms with Gasteiger partial charge < -0.3 is 9.64 Å². The molecule has 1 heterocycles. The van der Waals surface area contributed by atoms with E-state index in [0.717, 1.165) is 0 Å². The number of carbonyl (C=O) groups excluding carboxylic acids is 2. The van der Waals surface area contributed by atoms with Crippen molar-refractivity contribution in [2.45, 2.75) is 18.9 Å². The molecule has 1 aromatic carbocycles. The number of rotatable bonds is 4. The highest BCUT2D eigenvalue weighted by Crippen LogP contribution is 2.36. The van der Waals surface area contributed by atoms with Crippen LogP contribution in [0.3, 0.4) is 0 Å². The molecule has 1 unspecified atom stereocenters. The molecule has 104 valence electrons. The molecule has 1 aromatic rings. The van der Waals surface area contributed by atoms with Gasteiger partial charge in [0.15, 0.2) is 0 Å². The highest BCUT2D eigenvalue weighted by molar-refractivity contribution is 6.34. The zero-order chi connectivity index (χ0) is 14.7. The zero-order valence-electron chi connectivity index (χ0n) is 10.9. The number of amides is 1. The van der Waals surface area contributed by atoms with E-state index in [1.54, 1.807) is 18.2 Å². The summed E-state index contributed by atoms with van der Waals surface area (Å²) in [4.78, 5) is 24.8. The van der Waals surface area contributed by atoms with Crippen molar-refractivity contribution in [2.24, 2.45) is 0 Å². The first-order valence-corrected chi connectivity index (χ1v) is 6.53. The number of hydrogen-bond donors (Lipinski definition) is 0. The standard InChI is InChI=1S/C14H13ClN2O3/c1-20-12(18)6-3-7-17-11(8-16)9-4-2-5-10(15)13(9)14(17)19/h2,4-5,11H,3,6-7H2,1H3. The summed E-state index contributed by atoms with van der Waals surface area (Å²) in [6.07, 6.45) is 0.657. The lowest BCUT2D eigenvalue weighted by Crippen LogP contribution is -2.29. The fourth-order valence-corrected chi connectivity index (χ4v) is 2.55. The van der Waals surface area contributed by atoms with Gasteiger partial charge in [-0.2, -0.15) is 5.26 Å². The van der Waals surface area contributed by atoms with E-state index in [-0.39, 0.29) is 18.3 Å². The molecule has 5 nitrogen and oxygen atoms in total. The van der Waals surface area contributed by atoms with Crippen LogP contribution in [0, 0.1) is 11.3 Å². The molecule has 1 aliphatic heterocycles. The average molecular weight is 293 g/mol. The molecular weight excluding hydrogens is 280 g/mol. The molecule has 0 bridgehead atoms. The molecule has 0 spiro atoms. The van der Waals surface area contributed by atoms with E-state index >= 15 is 0 Å². The van der Waals surface area contributed by atoms with E-state index in [1.807, 2.05) is 0 Å². The van der Waals surface area contributed by atoms with Gasteiger partial charge in [0.1, 0.15) is 6.04 Å². The van der Waals surface area contributed by atoms with Gasteiger partial charge in [-0.15, -0.1) is 0 Å². The van der Waals surface area contributed by atoms with Gasteiger partial charge in [0.25, 0.3) is 5.91 Å². The van der Waals surface area contributed by atoms with Crippen LogP contribution in [-0.4, -0.2) is 30.4 Å². The van der Waals surface area contributed by atoms with Gasteiger partial charge in [-0.05, 0) is 12.5 Å². The molecule has 0 aliphatic carbocycles. The van der Waals surface area contributed by atoms with Crippen LogP contribution in [0.4, 0.5) is 0 Å². The molecule has 1 amide bonds. The maximum Gasteiger partial charge on any atom is 0.305 e. The van der Waals surface area contributed by atoms with E-state index < -0.39 is 6.04 Å². The fourth-order valence-electron chi connectivity index (χ4n) is 2.29. The second-order valence-electron chi connectivity index (χ2n) is 4.41. The van der Waals surface area contributed by atoms with Crippen LogP contribution in [0.5, 0.6) is 0 Å². The van der Waals surface area contributed by atoms with Gasteiger partial charge in [0.05, 0.1) is 23.8 Å². The SMILES string of the molecule is COC(=O)CCCN1C(=O)c2c(Cl)cccc2C1C#N. The molecule has 0 aromatic heterocycles. The smallest absolute Gasteiger partial charge is 0.305 e. The average Bonchev–Trinajstić information content (AvgIpc) is 2.72. The fraction of sp³-hybridized carbons (Fsp3) is 0.357. The zero-order valence-corrected chi connectivity index (χ0v) is 11.7. The van der Waals surface area contributed by atoms with E-state index in [4.69, 9.17) is 11.6 Å². The van der Waals surface area contributed by atoms with Gasteiger partial charge in [0.2, 0.25) is 0 Å². The Bertz CT molecular complexity index is 595. The van der Waals surface area contributed by atoms with E-state index in [2.05, 4.69) is 10.8 Å². The Balaban J connectivity index is 2.16. The summed E-state index contributed by atoms with van der Waals surface area (Å²) in [6, 6.07) is 6.54. The van der Waals surface area contributed by atoms with Crippen molar-refractivity contribution in [3.05, 3.63) is 34.3 Å². The monoisotopic (exact) mass is 292 g/mol. The number of carbonyl (C=O) groups is 2. The number of benzene rings is 1. The summed E-state index contributed by atoms with van der Waals surface area (Å²) in [6.45, 7) is 0.317. The Morgan fingerprint density at radius 3 is 2.95 bits per heavy atom. The van der Waals surface area contributed by atoms with E-state index in [9.17, 15) is 14.9 Å². The molecule has 6 heteroatoms. The Morgan fingerprint density at radius 2 is 2.30 bits per heavy atom. The lowest BCUT2D eigenvalue weighted by Gasteiger charge is -2.19. The molecule has 1 aliphatic rings. The number of halogens is 1. The number of hydrogen-bond acceptors (Lipinski definition) is 4. The molecule has 2 rings (SSSR count). The molecule has 20 heavy (non-hydrogen) atoms. The van der Waals surface area contributed by atoms with Crippen LogP contribution < -0.4 is 0 Å². The van der Waals surface area contributed by atoms with Crippen LogP contribution in [0.1, 0.15) is 34.8 Å². The maximum atomic E-state index is 12.3. The lowest BCUT2D eigenvalue weighted by atomic mass is 10.1. The van der Waals surface area contributed by atoms with Crippen molar-refractivity contribution < 1.29 is 14.3 Å². The molecule has 0 radical (unpaired) electrons. The number of ether oxygens (including phenoxy) is 1. The summed E-state index contributed by atoms with van der Waals surface area (Å²) in [5.74, 6) is -0.595. The van der Waals surface area contributed by atoms with E-state index in [1.165, 1.54) is 12.0 Å². The largest absolute Gasteiger partial charge is 0.469 e. The van der Waals surface area contributed by atoms with Crippen molar-refractivity contribution in [2.75, 3.05) is 13.7 Å². The highest BCUT2D eigenvalue weighted by Gasteiger charge is 2.37. The third kappa shape index (κ3) is 2.47. The quantitative estimate of drug-likeness (QED) is 0.799. The Kier molecular flexibility index (Phi) is 4.26. The Morgan fingerprint density at radius 1 is 1.55 bits per heavy atom. The second kappa shape index (κ2) is 5.93. The van der Waals surface area contributed by atoms with Gasteiger partial charge in [-0.3, -0.25) is 9.59 Å². The minimum Gasteiger partial charge on any atom is -0.469 e. The topological polar surface area (TPSA) is 70.4 Å². The van der Waals surface area contributed by atoms with Gasteiger partial charge in [0, 0.05) is 18.5 Å². The van der Waals surface area contributed by atoms with Crippen molar-refractivity contribution in [3.8, 4) is 6.07 Å². The number of nitrogens with zero attached hydrogens (tertiary/aromatic N) is 2. The maximum absolute atomic E-state index is 12.3. The number of esters is 1. The number of nitriles is 1. The first-order chi connectivity index (χ1) is 9.60. The molecule has 1 atom stereocenters. The van der Waals surface area contributed by atoms with Gasteiger partial charge in [-0.1, -0.05) is 23.7 Å². The van der Waals surface area contributed by atoms with Crippen LogP contribution in [-0.2, 0) is 9.53 Å². The van der Waals surface area contributed by atoms with Crippen LogP contribution in [0.15, 0.2) is 18.2 Å². The van der Waals surface area contributed by atoms with Crippen LogP contribution in [0.25, 0.3) is 0 Å². The van der Waals surface area contributed by atoms with Crippen molar-refractivity contribution in [1.82, 2.24) is 4.90 Å². The van der Waals surface area contributed by atoms with Crippen LogP contribution >= 0.6 is 11.6 Å². The molecule has 0 saturated heterocycles. The minimum atomic E-state index is -0.645. The van der Waals surface area contributed by atoms with Crippen LogP contribution in [0.2, 0.25) is 5.02 Å². The number of methoxy groups -OCH3 is 1. The van der Waals surface area contributed by atoms with Gasteiger partial charge >= 0.3 is 5.97 Å². The predicted molar refractivity (Wildman–Crippen MR) is 72.1 cm³/mol. The van der Waals surface area contributed by atoms with Gasteiger partial charge in [-0.25, -0.2) is 0 Å². The minimum absolute atomic E-state index is 0.211. The molecular formula is C14H13ClN2O3.